The molecule has 0 bridgehead atoms. The highest BCUT2D eigenvalue weighted by atomic mass is 19.1. The van der Waals surface area contributed by atoms with Gasteiger partial charge in [0.1, 0.15) is 42.4 Å². The standard InChI is InChI=1S/C32H25FO6/c1-3-31(34)38-21-19-36-29-11-7-5-9-26(29)16-14-24-13-15-25(28(33)23-24)17-18-27-10-6-8-12-30(27)37-20-22-39-32(35)4-2/h3-23H,1-2H2. The van der Waals surface area contributed by atoms with Crippen LogP contribution in [0.5, 0.6) is 11.5 Å². The first kappa shape index (κ1) is 28.1. The van der Waals surface area contributed by atoms with Gasteiger partial charge >= 0.3 is 11.9 Å². The van der Waals surface area contributed by atoms with Crippen molar-refractivity contribution in [2.75, 3.05) is 0 Å². The maximum Gasteiger partial charge on any atom is 0.335 e. The molecule has 0 heterocycles. The average Bonchev–Trinajstić information content (AvgIpc) is 2.96. The third kappa shape index (κ3) is 9.18. The fourth-order valence-corrected chi connectivity index (χ4v) is 3.09. The van der Waals surface area contributed by atoms with Crippen LogP contribution in [0, 0.1) is 5.82 Å². The maximum atomic E-state index is 14.8. The lowest BCUT2D eigenvalue weighted by Gasteiger charge is -2.05. The van der Waals surface area contributed by atoms with Gasteiger partial charge in [-0.05, 0) is 23.8 Å². The zero-order chi connectivity index (χ0) is 27.9. The molecule has 0 aliphatic rings. The van der Waals surface area contributed by atoms with Gasteiger partial charge in [0.25, 0.3) is 0 Å². The summed E-state index contributed by atoms with van der Waals surface area (Å²) >= 11 is 0. The fourth-order valence-electron chi connectivity index (χ4n) is 3.09. The van der Waals surface area contributed by atoms with Crippen LogP contribution in [0.1, 0.15) is 22.3 Å². The van der Waals surface area contributed by atoms with Gasteiger partial charge in [-0.1, -0.05) is 86.0 Å². The van der Waals surface area contributed by atoms with Crippen molar-refractivity contribution >= 4 is 36.2 Å². The zero-order valence-corrected chi connectivity index (χ0v) is 20.9. The van der Waals surface area contributed by atoms with E-state index in [1.54, 1.807) is 60.7 Å². The van der Waals surface area contributed by atoms with E-state index in [0.29, 0.717) is 28.2 Å². The number of ether oxygens (including phenoxy) is 4. The molecule has 0 aliphatic heterocycles. The quantitative estimate of drug-likeness (QED) is 0.107. The van der Waals surface area contributed by atoms with E-state index in [1.165, 1.54) is 18.6 Å². The Labute approximate surface area is 225 Å². The van der Waals surface area contributed by atoms with Gasteiger partial charge in [0.15, 0.2) is 0 Å². The lowest BCUT2D eigenvalue weighted by molar-refractivity contribution is -0.133. The van der Waals surface area contributed by atoms with Crippen LogP contribution < -0.4 is 9.47 Å². The van der Waals surface area contributed by atoms with E-state index in [1.807, 2.05) is 24.3 Å². The monoisotopic (exact) mass is 524 g/mol. The second kappa shape index (κ2) is 15.0. The number of carbonyl (C=O) groups excluding carboxylic acids is 2. The van der Waals surface area contributed by atoms with E-state index in [9.17, 15) is 14.0 Å². The van der Waals surface area contributed by atoms with E-state index >= 15 is 0 Å². The summed E-state index contributed by atoms with van der Waals surface area (Å²) in [5.74, 6) is -0.583. The van der Waals surface area contributed by atoms with Gasteiger partial charge in [-0.3, -0.25) is 0 Å². The SMILES string of the molecule is C=CC(=O)OC=COc1ccccc1C=Cc1ccc(C=Cc2ccccc2OC=COC(=O)C=C)c(F)c1. The number of halogens is 1. The average molecular weight is 525 g/mol. The van der Waals surface area contributed by atoms with Gasteiger partial charge in [-0.2, -0.15) is 0 Å². The summed E-state index contributed by atoms with van der Waals surface area (Å²) in [5, 5.41) is 0. The van der Waals surface area contributed by atoms with E-state index in [2.05, 4.69) is 13.2 Å². The molecule has 6 nitrogen and oxygen atoms in total. The van der Waals surface area contributed by atoms with Gasteiger partial charge in [-0.15, -0.1) is 0 Å². The van der Waals surface area contributed by atoms with Gasteiger partial charge in [0, 0.05) is 28.8 Å². The number of hydrogen-bond donors (Lipinski definition) is 0. The van der Waals surface area contributed by atoms with Crippen LogP contribution in [-0.2, 0) is 19.1 Å². The maximum absolute atomic E-state index is 14.8. The minimum Gasteiger partial charge on any atom is -0.461 e. The summed E-state index contributed by atoms with van der Waals surface area (Å²) in [6.07, 6.45) is 13.7. The molecular formula is C32H25FO6. The molecule has 3 aromatic rings. The normalized spacial score (nSPS) is 11.2. The van der Waals surface area contributed by atoms with Crippen LogP contribution in [0.25, 0.3) is 24.3 Å². The Morgan fingerprint density at radius 2 is 1.10 bits per heavy atom. The van der Waals surface area contributed by atoms with Crippen LogP contribution in [0.2, 0.25) is 0 Å². The first-order valence-electron chi connectivity index (χ1n) is 11.6. The Morgan fingerprint density at radius 1 is 0.615 bits per heavy atom. The predicted octanol–water partition coefficient (Wildman–Crippen LogP) is 7.32. The predicted molar refractivity (Wildman–Crippen MR) is 149 cm³/mol. The topological polar surface area (TPSA) is 71.1 Å². The molecule has 0 aliphatic carbocycles. The van der Waals surface area contributed by atoms with Crippen LogP contribution in [0.4, 0.5) is 4.39 Å². The lowest BCUT2D eigenvalue weighted by atomic mass is 10.1. The highest BCUT2D eigenvalue weighted by Crippen LogP contribution is 2.24. The Bertz CT molecular complexity index is 1450. The van der Waals surface area contributed by atoms with Crippen LogP contribution in [0.15, 0.2) is 117 Å². The molecule has 3 aromatic carbocycles. The largest absolute Gasteiger partial charge is 0.461 e. The van der Waals surface area contributed by atoms with E-state index in [-0.39, 0.29) is 0 Å². The molecule has 3 rings (SSSR count). The Morgan fingerprint density at radius 3 is 1.62 bits per heavy atom. The number of para-hydroxylation sites is 2. The molecule has 39 heavy (non-hydrogen) atoms. The van der Waals surface area contributed by atoms with Gasteiger partial charge in [-0.25, -0.2) is 14.0 Å². The summed E-state index contributed by atoms with van der Waals surface area (Å²) in [5.41, 5.74) is 2.48. The lowest BCUT2D eigenvalue weighted by Crippen LogP contribution is -1.93. The molecule has 0 radical (unpaired) electrons. The van der Waals surface area contributed by atoms with Crippen molar-refractivity contribution in [2.45, 2.75) is 0 Å². The highest BCUT2D eigenvalue weighted by molar-refractivity contribution is 5.82. The van der Waals surface area contributed by atoms with E-state index in [4.69, 9.17) is 18.9 Å². The second-order valence-corrected chi connectivity index (χ2v) is 7.59. The number of benzene rings is 3. The third-order valence-electron chi connectivity index (χ3n) is 4.96. The van der Waals surface area contributed by atoms with Gasteiger partial charge in [0.2, 0.25) is 0 Å². The molecular weight excluding hydrogens is 499 g/mol. The summed E-state index contributed by atoms with van der Waals surface area (Å²) in [7, 11) is 0. The third-order valence-corrected chi connectivity index (χ3v) is 4.96. The minimum absolute atomic E-state index is 0.389. The molecule has 7 heteroatoms. The molecule has 0 saturated heterocycles. The molecule has 196 valence electrons. The van der Waals surface area contributed by atoms with Crippen molar-refractivity contribution in [2.24, 2.45) is 0 Å². The summed E-state index contributed by atoms with van der Waals surface area (Å²) in [6, 6.07) is 19.3. The smallest absolute Gasteiger partial charge is 0.335 e. The highest BCUT2D eigenvalue weighted by Gasteiger charge is 2.03. The van der Waals surface area contributed by atoms with Crippen molar-refractivity contribution < 1.29 is 32.9 Å². The first-order chi connectivity index (χ1) is 19.0. The van der Waals surface area contributed by atoms with Crippen LogP contribution >= 0.6 is 0 Å². The van der Waals surface area contributed by atoms with E-state index in [0.717, 1.165) is 30.2 Å². The first-order valence-corrected chi connectivity index (χ1v) is 11.6. The molecule has 0 unspecified atom stereocenters. The summed E-state index contributed by atoms with van der Waals surface area (Å²) < 4.78 is 35.4. The van der Waals surface area contributed by atoms with Crippen molar-refractivity contribution in [1.82, 2.24) is 0 Å². The van der Waals surface area contributed by atoms with Gasteiger partial charge < -0.3 is 18.9 Å². The van der Waals surface area contributed by atoms with Crippen molar-refractivity contribution in [3.05, 3.63) is 145 Å². The van der Waals surface area contributed by atoms with Crippen LogP contribution in [-0.4, -0.2) is 11.9 Å². The van der Waals surface area contributed by atoms with Gasteiger partial charge in [0.05, 0.1) is 0 Å². The molecule has 0 fully saturated rings. The number of hydrogen-bond acceptors (Lipinski definition) is 6. The summed E-state index contributed by atoms with van der Waals surface area (Å²) in [4.78, 5) is 22.2. The fraction of sp³-hybridized carbons (Fsp3) is 0. The Kier molecular flexibility index (Phi) is 10.8. The number of esters is 2. The van der Waals surface area contributed by atoms with Crippen LogP contribution in [0.3, 0.4) is 0 Å². The van der Waals surface area contributed by atoms with Crippen molar-refractivity contribution in [1.29, 1.82) is 0 Å². The minimum atomic E-state index is -0.602. The Balaban J connectivity index is 1.68. The van der Waals surface area contributed by atoms with Crippen molar-refractivity contribution in [3.8, 4) is 11.5 Å². The second-order valence-electron chi connectivity index (χ2n) is 7.59. The molecule has 0 amide bonds. The Hall–Kier alpha value is -5.43. The van der Waals surface area contributed by atoms with E-state index < -0.39 is 17.8 Å². The number of carbonyl (C=O) groups is 2. The molecule has 0 aromatic heterocycles. The molecule has 0 spiro atoms. The van der Waals surface area contributed by atoms with Crippen molar-refractivity contribution in [3.63, 3.8) is 0 Å². The summed E-state index contributed by atoms with van der Waals surface area (Å²) in [6.45, 7) is 6.62. The zero-order valence-electron chi connectivity index (χ0n) is 20.9. The molecule has 0 N–H and O–H groups in total. The number of rotatable bonds is 12. The molecule has 0 atom stereocenters. The molecule has 0 saturated carbocycles.